The van der Waals surface area contributed by atoms with Gasteiger partial charge in [0.25, 0.3) is 0 Å². The van der Waals surface area contributed by atoms with Crippen molar-refractivity contribution in [2.75, 3.05) is 25.1 Å². The first-order chi connectivity index (χ1) is 8.20. The van der Waals surface area contributed by atoms with Crippen molar-refractivity contribution in [1.82, 2.24) is 9.97 Å². The molecule has 0 aromatic carbocycles. The lowest BCUT2D eigenvalue weighted by Crippen LogP contribution is -2.39. The average molecular weight is 256 g/mol. The van der Waals surface area contributed by atoms with E-state index in [1.807, 2.05) is 4.90 Å². The highest BCUT2D eigenvalue weighted by atomic mass is 35.5. The number of methoxy groups -OCH3 is 1. The molecule has 0 aliphatic carbocycles. The number of piperidine rings is 1. The lowest BCUT2D eigenvalue weighted by atomic mass is 9.98. The Morgan fingerprint density at radius 3 is 3.12 bits per heavy atom. The maximum atomic E-state index is 11.5. The normalized spacial score (nSPS) is 20.1. The third-order valence-corrected chi connectivity index (χ3v) is 3.11. The number of esters is 1. The molecule has 1 aromatic rings. The zero-order chi connectivity index (χ0) is 12.3. The van der Waals surface area contributed by atoms with Gasteiger partial charge in [-0.05, 0) is 12.8 Å². The van der Waals surface area contributed by atoms with Crippen molar-refractivity contribution in [3.05, 3.63) is 17.5 Å². The zero-order valence-corrected chi connectivity index (χ0v) is 10.4. The number of nitrogens with zero attached hydrogens (tertiary/aromatic N) is 3. The number of anilines is 1. The van der Waals surface area contributed by atoms with Crippen LogP contribution in [0.2, 0.25) is 5.15 Å². The van der Waals surface area contributed by atoms with Crippen molar-refractivity contribution >= 4 is 23.4 Å². The van der Waals surface area contributed by atoms with Gasteiger partial charge in [-0.15, -0.1) is 0 Å². The van der Waals surface area contributed by atoms with E-state index in [-0.39, 0.29) is 11.9 Å². The van der Waals surface area contributed by atoms with Gasteiger partial charge in [0.05, 0.1) is 13.0 Å². The second-order valence-corrected chi connectivity index (χ2v) is 4.39. The fourth-order valence-electron chi connectivity index (χ4n) is 2.04. The molecule has 0 spiro atoms. The molecule has 0 radical (unpaired) electrons. The van der Waals surface area contributed by atoms with E-state index >= 15 is 0 Å². The Bertz CT molecular complexity index is 413. The molecule has 0 unspecified atom stereocenters. The molecular formula is C11H14ClN3O2. The van der Waals surface area contributed by atoms with Crippen LogP contribution in [0.4, 0.5) is 5.82 Å². The summed E-state index contributed by atoms with van der Waals surface area (Å²) in [5.41, 5.74) is 0. The Balaban J connectivity index is 2.09. The number of ether oxygens (including phenoxy) is 1. The summed E-state index contributed by atoms with van der Waals surface area (Å²) in [4.78, 5) is 21.5. The van der Waals surface area contributed by atoms with Crippen LogP contribution in [0.25, 0.3) is 0 Å². The highest BCUT2D eigenvalue weighted by molar-refractivity contribution is 6.29. The molecule has 2 rings (SSSR count). The van der Waals surface area contributed by atoms with E-state index in [1.54, 1.807) is 6.07 Å². The van der Waals surface area contributed by atoms with Gasteiger partial charge in [0, 0.05) is 19.2 Å². The lowest BCUT2D eigenvalue weighted by molar-refractivity contribution is -0.145. The van der Waals surface area contributed by atoms with Gasteiger partial charge in [-0.25, -0.2) is 9.97 Å². The van der Waals surface area contributed by atoms with Crippen LogP contribution in [-0.2, 0) is 9.53 Å². The van der Waals surface area contributed by atoms with Crippen LogP contribution in [0.1, 0.15) is 12.8 Å². The molecular weight excluding hydrogens is 242 g/mol. The molecule has 0 amide bonds. The molecule has 0 saturated carbocycles. The fourth-order valence-corrected chi connectivity index (χ4v) is 2.18. The standard InChI is InChI=1S/C11H14ClN3O2/c1-17-11(16)8-3-2-4-15(6-8)10-5-9(12)13-7-14-10/h5,7-8H,2-4,6H2,1H3/t8-/m1/s1. The summed E-state index contributed by atoms with van der Waals surface area (Å²) in [6.07, 6.45) is 3.24. The van der Waals surface area contributed by atoms with Crippen molar-refractivity contribution in [1.29, 1.82) is 0 Å². The van der Waals surface area contributed by atoms with Crippen LogP contribution < -0.4 is 4.90 Å². The molecule has 2 heterocycles. The van der Waals surface area contributed by atoms with Crippen molar-refractivity contribution < 1.29 is 9.53 Å². The molecule has 1 aromatic heterocycles. The van der Waals surface area contributed by atoms with Gasteiger partial charge in [0.1, 0.15) is 17.3 Å². The summed E-state index contributed by atoms with van der Waals surface area (Å²) in [5, 5.41) is 0.412. The van der Waals surface area contributed by atoms with Gasteiger partial charge in [-0.3, -0.25) is 4.79 Å². The first-order valence-electron chi connectivity index (χ1n) is 5.51. The van der Waals surface area contributed by atoms with Crippen molar-refractivity contribution in [2.24, 2.45) is 5.92 Å². The Morgan fingerprint density at radius 2 is 2.41 bits per heavy atom. The Kier molecular flexibility index (Phi) is 3.78. The second-order valence-electron chi connectivity index (χ2n) is 4.01. The van der Waals surface area contributed by atoms with Crippen LogP contribution in [0.5, 0.6) is 0 Å². The smallest absolute Gasteiger partial charge is 0.310 e. The summed E-state index contributed by atoms with van der Waals surface area (Å²) in [5.74, 6) is 0.524. The van der Waals surface area contributed by atoms with E-state index in [1.165, 1.54) is 13.4 Å². The maximum absolute atomic E-state index is 11.5. The minimum atomic E-state index is -0.158. The predicted molar refractivity (Wildman–Crippen MR) is 64.0 cm³/mol. The first-order valence-corrected chi connectivity index (χ1v) is 5.89. The van der Waals surface area contributed by atoms with E-state index in [9.17, 15) is 4.79 Å². The van der Waals surface area contributed by atoms with E-state index < -0.39 is 0 Å². The number of halogens is 1. The fraction of sp³-hybridized carbons (Fsp3) is 0.545. The van der Waals surface area contributed by atoms with E-state index in [0.717, 1.165) is 25.2 Å². The molecule has 1 saturated heterocycles. The number of aromatic nitrogens is 2. The highest BCUT2D eigenvalue weighted by Crippen LogP contribution is 2.23. The molecule has 1 atom stereocenters. The third-order valence-electron chi connectivity index (χ3n) is 2.90. The third kappa shape index (κ3) is 2.85. The SMILES string of the molecule is COC(=O)[C@@H]1CCCN(c2cc(Cl)ncn2)C1. The van der Waals surface area contributed by atoms with E-state index in [0.29, 0.717) is 11.7 Å². The Labute approximate surface area is 105 Å². The molecule has 17 heavy (non-hydrogen) atoms. The van der Waals surface area contributed by atoms with Gasteiger partial charge < -0.3 is 9.64 Å². The predicted octanol–water partition coefficient (Wildman–Crippen LogP) is 1.52. The monoisotopic (exact) mass is 255 g/mol. The van der Waals surface area contributed by atoms with Crippen molar-refractivity contribution in [3.8, 4) is 0 Å². The van der Waals surface area contributed by atoms with Crippen LogP contribution in [0.15, 0.2) is 12.4 Å². The minimum Gasteiger partial charge on any atom is -0.469 e. The quantitative estimate of drug-likeness (QED) is 0.592. The minimum absolute atomic E-state index is 0.0810. The van der Waals surface area contributed by atoms with Crippen LogP contribution in [0, 0.1) is 5.92 Å². The van der Waals surface area contributed by atoms with Crippen molar-refractivity contribution in [3.63, 3.8) is 0 Å². The summed E-state index contributed by atoms with van der Waals surface area (Å²) in [6.45, 7) is 1.50. The number of hydrogen-bond donors (Lipinski definition) is 0. The number of carbonyl (C=O) groups excluding carboxylic acids is 1. The Morgan fingerprint density at radius 1 is 1.59 bits per heavy atom. The maximum Gasteiger partial charge on any atom is 0.310 e. The average Bonchev–Trinajstić information content (AvgIpc) is 2.38. The summed E-state index contributed by atoms with van der Waals surface area (Å²) in [6, 6.07) is 1.71. The van der Waals surface area contributed by atoms with Crippen molar-refractivity contribution in [2.45, 2.75) is 12.8 Å². The number of rotatable bonds is 2. The summed E-state index contributed by atoms with van der Waals surface area (Å²) >= 11 is 5.82. The lowest BCUT2D eigenvalue weighted by Gasteiger charge is -2.32. The van der Waals surface area contributed by atoms with Gasteiger partial charge in [-0.2, -0.15) is 0 Å². The van der Waals surface area contributed by atoms with E-state index in [4.69, 9.17) is 16.3 Å². The van der Waals surface area contributed by atoms with Gasteiger partial charge in [-0.1, -0.05) is 11.6 Å². The molecule has 6 heteroatoms. The molecule has 5 nitrogen and oxygen atoms in total. The van der Waals surface area contributed by atoms with Gasteiger partial charge in [0.2, 0.25) is 0 Å². The van der Waals surface area contributed by atoms with Gasteiger partial charge in [0.15, 0.2) is 0 Å². The first kappa shape index (κ1) is 12.1. The van der Waals surface area contributed by atoms with E-state index in [2.05, 4.69) is 9.97 Å². The molecule has 1 aliphatic heterocycles. The molecule has 0 bridgehead atoms. The molecule has 1 aliphatic rings. The molecule has 92 valence electrons. The van der Waals surface area contributed by atoms with Crippen LogP contribution >= 0.6 is 11.6 Å². The zero-order valence-electron chi connectivity index (χ0n) is 9.60. The number of hydrogen-bond acceptors (Lipinski definition) is 5. The topological polar surface area (TPSA) is 55.3 Å². The molecule has 0 N–H and O–H groups in total. The number of carbonyl (C=O) groups is 1. The van der Waals surface area contributed by atoms with Crippen LogP contribution in [0.3, 0.4) is 0 Å². The van der Waals surface area contributed by atoms with Gasteiger partial charge >= 0.3 is 5.97 Å². The van der Waals surface area contributed by atoms with Crippen LogP contribution in [-0.4, -0.2) is 36.1 Å². The summed E-state index contributed by atoms with van der Waals surface area (Å²) in [7, 11) is 1.42. The largest absolute Gasteiger partial charge is 0.469 e. The second kappa shape index (κ2) is 5.31. The summed E-state index contributed by atoms with van der Waals surface area (Å²) < 4.78 is 4.77. The molecule has 1 fully saturated rings. The highest BCUT2D eigenvalue weighted by Gasteiger charge is 2.27. The Hall–Kier alpha value is -1.36.